The minimum atomic E-state index is 0.550. The van der Waals surface area contributed by atoms with Crippen LogP contribution >= 0.6 is 0 Å². The molecule has 1 aliphatic rings. The van der Waals surface area contributed by atoms with E-state index in [-0.39, 0.29) is 0 Å². The number of rotatable bonds is 4. The van der Waals surface area contributed by atoms with Gasteiger partial charge in [-0.05, 0) is 29.4 Å². The molecule has 0 amide bonds. The number of nitrogens with zero attached hydrogens (tertiary/aromatic N) is 2. The van der Waals surface area contributed by atoms with Crippen LogP contribution in [0.15, 0.2) is 43.5 Å². The van der Waals surface area contributed by atoms with Crippen molar-refractivity contribution in [2.45, 2.75) is 6.42 Å². The predicted octanol–water partition coefficient (Wildman–Crippen LogP) is 2.35. The van der Waals surface area contributed by atoms with Crippen molar-refractivity contribution >= 4 is 11.4 Å². The number of anilines is 2. The molecule has 16 heavy (non-hydrogen) atoms. The number of allylic oxidation sites excluding steroid dienone is 1. The lowest BCUT2D eigenvalue weighted by Gasteiger charge is -2.21. The fourth-order valence-electron chi connectivity index (χ4n) is 1.75. The van der Waals surface area contributed by atoms with Gasteiger partial charge < -0.3 is 0 Å². The summed E-state index contributed by atoms with van der Waals surface area (Å²) in [5.74, 6) is 0. The van der Waals surface area contributed by atoms with Gasteiger partial charge in [-0.1, -0.05) is 18.2 Å². The van der Waals surface area contributed by atoms with Crippen LogP contribution in [0.25, 0.3) is 0 Å². The number of hydrogen-bond acceptors (Lipinski definition) is 4. The second-order valence-corrected chi connectivity index (χ2v) is 3.62. The van der Waals surface area contributed by atoms with Gasteiger partial charge >= 0.3 is 0 Å². The fourth-order valence-corrected chi connectivity index (χ4v) is 1.75. The number of hydrazine groups is 2. The van der Waals surface area contributed by atoms with Crippen LogP contribution in [-0.2, 0) is 6.42 Å². The van der Waals surface area contributed by atoms with Crippen LogP contribution in [0.3, 0.4) is 0 Å². The van der Waals surface area contributed by atoms with Crippen molar-refractivity contribution in [3.05, 3.63) is 49.1 Å². The van der Waals surface area contributed by atoms with E-state index in [0.29, 0.717) is 6.54 Å². The molecule has 0 aromatic heterocycles. The molecule has 0 bridgehead atoms. The summed E-state index contributed by atoms with van der Waals surface area (Å²) < 4.78 is 0. The largest absolute Gasteiger partial charge is 0.276 e. The zero-order valence-electron chi connectivity index (χ0n) is 9.06. The molecular formula is C12H15N3O. The second kappa shape index (κ2) is 4.38. The van der Waals surface area contributed by atoms with Gasteiger partial charge in [-0.15, -0.1) is 13.2 Å². The van der Waals surface area contributed by atoms with Crippen molar-refractivity contribution < 1.29 is 5.21 Å². The van der Waals surface area contributed by atoms with E-state index in [9.17, 15) is 5.21 Å². The highest BCUT2D eigenvalue weighted by Gasteiger charge is 2.24. The van der Waals surface area contributed by atoms with E-state index < -0.39 is 0 Å². The Balaban J connectivity index is 2.33. The Morgan fingerprint density at radius 3 is 2.81 bits per heavy atom. The maximum Gasteiger partial charge on any atom is 0.0816 e. The molecule has 4 heteroatoms. The molecule has 0 saturated carbocycles. The van der Waals surface area contributed by atoms with Crippen LogP contribution in [0.5, 0.6) is 0 Å². The fraction of sp³-hybridized carbons (Fsp3) is 0.167. The van der Waals surface area contributed by atoms with Crippen LogP contribution in [0.2, 0.25) is 0 Å². The van der Waals surface area contributed by atoms with Crippen molar-refractivity contribution in [3.8, 4) is 0 Å². The molecule has 1 aliphatic heterocycles. The van der Waals surface area contributed by atoms with Crippen molar-refractivity contribution in [1.82, 2.24) is 5.28 Å². The average molecular weight is 217 g/mol. The molecule has 0 aliphatic carbocycles. The summed E-state index contributed by atoms with van der Waals surface area (Å²) in [5.41, 5.74) is 5.84. The third kappa shape index (κ3) is 1.80. The first-order valence-corrected chi connectivity index (χ1v) is 5.14. The number of hydrogen-bond donors (Lipinski definition) is 2. The summed E-state index contributed by atoms with van der Waals surface area (Å²) in [6, 6.07) is 5.99. The Hall–Kier alpha value is -1.78. The Bertz CT molecular complexity index is 417. The molecule has 0 unspecified atom stereocenters. The zero-order valence-corrected chi connectivity index (χ0v) is 9.06. The topological polar surface area (TPSA) is 38.7 Å². The third-order valence-electron chi connectivity index (χ3n) is 2.47. The normalized spacial score (nSPS) is 14.4. The van der Waals surface area contributed by atoms with Gasteiger partial charge in [0.25, 0.3) is 0 Å². The molecule has 1 heterocycles. The van der Waals surface area contributed by atoms with Gasteiger partial charge in [-0.2, -0.15) is 0 Å². The quantitative estimate of drug-likeness (QED) is 0.759. The lowest BCUT2D eigenvalue weighted by Crippen LogP contribution is -2.38. The molecule has 84 valence electrons. The van der Waals surface area contributed by atoms with E-state index in [0.717, 1.165) is 23.1 Å². The lowest BCUT2D eigenvalue weighted by molar-refractivity contribution is -0.0685. The molecule has 2 N–H and O–H groups in total. The molecular weight excluding hydrogens is 202 g/mol. The first-order chi connectivity index (χ1) is 7.76. The summed E-state index contributed by atoms with van der Waals surface area (Å²) in [6.07, 6.45) is 4.42. The van der Waals surface area contributed by atoms with Gasteiger partial charge in [-0.3, -0.25) is 15.6 Å². The van der Waals surface area contributed by atoms with Gasteiger partial charge in [-0.25, -0.2) is 0 Å². The maximum absolute atomic E-state index is 9.64. The molecule has 0 atom stereocenters. The van der Waals surface area contributed by atoms with E-state index in [4.69, 9.17) is 0 Å². The van der Waals surface area contributed by atoms with Crippen LogP contribution in [-0.4, -0.2) is 17.0 Å². The highest BCUT2D eigenvalue weighted by atomic mass is 16.6. The van der Waals surface area contributed by atoms with E-state index >= 15 is 0 Å². The lowest BCUT2D eigenvalue weighted by atomic mass is 10.1. The van der Waals surface area contributed by atoms with Crippen molar-refractivity contribution in [2.24, 2.45) is 0 Å². The van der Waals surface area contributed by atoms with E-state index in [1.54, 1.807) is 11.1 Å². The van der Waals surface area contributed by atoms with Crippen LogP contribution in [0.1, 0.15) is 5.56 Å². The molecule has 1 aromatic carbocycles. The van der Waals surface area contributed by atoms with Crippen molar-refractivity contribution in [3.63, 3.8) is 0 Å². The second-order valence-electron chi connectivity index (χ2n) is 3.62. The van der Waals surface area contributed by atoms with Crippen LogP contribution < -0.4 is 10.4 Å². The Morgan fingerprint density at radius 1 is 1.31 bits per heavy atom. The SMILES string of the molecule is C=CCc1ccc2c(c1)N(CC=C)N(O)N2. The first kappa shape index (κ1) is 10.7. The number of fused-ring (bicyclic) bond motifs is 1. The summed E-state index contributed by atoms with van der Waals surface area (Å²) in [4.78, 5) is 0. The molecule has 4 nitrogen and oxygen atoms in total. The smallest absolute Gasteiger partial charge is 0.0816 e. The zero-order chi connectivity index (χ0) is 11.5. The van der Waals surface area contributed by atoms with E-state index in [1.807, 2.05) is 24.3 Å². The van der Waals surface area contributed by atoms with Gasteiger partial charge in [0.1, 0.15) is 0 Å². The minimum Gasteiger partial charge on any atom is -0.276 e. The Morgan fingerprint density at radius 2 is 2.12 bits per heavy atom. The summed E-state index contributed by atoms with van der Waals surface area (Å²) >= 11 is 0. The summed E-state index contributed by atoms with van der Waals surface area (Å²) in [7, 11) is 0. The Labute approximate surface area is 95.0 Å². The number of nitrogens with one attached hydrogen (secondary N) is 1. The van der Waals surface area contributed by atoms with Gasteiger partial charge in [0, 0.05) is 0 Å². The summed E-state index contributed by atoms with van der Waals surface area (Å²) in [5, 5.41) is 12.3. The monoisotopic (exact) mass is 217 g/mol. The van der Waals surface area contributed by atoms with E-state index in [2.05, 4.69) is 18.6 Å². The molecule has 0 radical (unpaired) electrons. The van der Waals surface area contributed by atoms with Gasteiger partial charge in [0.05, 0.1) is 17.9 Å². The van der Waals surface area contributed by atoms with Gasteiger partial charge in [0.15, 0.2) is 0 Å². The molecule has 0 saturated heterocycles. The standard InChI is InChI=1S/C12H15N3O/c1-3-5-10-6-7-11-12(9-10)14(8-4-2)15(16)13-11/h3-4,6-7,9,13,16H,1-2,5,8H2. The molecule has 0 fully saturated rings. The summed E-state index contributed by atoms with van der Waals surface area (Å²) in [6.45, 7) is 7.93. The highest BCUT2D eigenvalue weighted by molar-refractivity contribution is 5.73. The van der Waals surface area contributed by atoms with Crippen molar-refractivity contribution in [1.29, 1.82) is 0 Å². The van der Waals surface area contributed by atoms with Crippen molar-refractivity contribution in [2.75, 3.05) is 17.0 Å². The molecule has 2 rings (SSSR count). The van der Waals surface area contributed by atoms with Crippen LogP contribution in [0.4, 0.5) is 11.4 Å². The minimum absolute atomic E-state index is 0.550. The molecule has 1 aromatic rings. The highest BCUT2D eigenvalue weighted by Crippen LogP contribution is 2.33. The van der Waals surface area contributed by atoms with E-state index in [1.165, 1.54) is 5.56 Å². The Kier molecular flexibility index (Phi) is 2.94. The average Bonchev–Trinajstić information content (AvgIpc) is 2.57. The molecule has 0 spiro atoms. The number of benzene rings is 1. The predicted molar refractivity (Wildman–Crippen MR) is 65.1 cm³/mol. The maximum atomic E-state index is 9.64. The van der Waals surface area contributed by atoms with Gasteiger partial charge in [0.2, 0.25) is 0 Å². The van der Waals surface area contributed by atoms with Crippen LogP contribution in [0, 0.1) is 0 Å². The third-order valence-corrected chi connectivity index (χ3v) is 2.47. The first-order valence-electron chi connectivity index (χ1n) is 5.14.